The summed E-state index contributed by atoms with van der Waals surface area (Å²) in [6, 6.07) is 0. The zero-order chi connectivity index (χ0) is 16.6. The van der Waals surface area contributed by atoms with E-state index in [1.165, 1.54) is 0 Å². The number of ether oxygens (including phenoxy) is 1. The molecule has 0 bridgehead atoms. The summed E-state index contributed by atoms with van der Waals surface area (Å²) >= 11 is 0. The molecule has 0 aromatic heterocycles. The van der Waals surface area contributed by atoms with Crippen LogP contribution in [-0.2, 0) is 18.8 Å². The number of esters is 1. The zero-order valence-electron chi connectivity index (χ0n) is 14.4. The number of amides is 1. The van der Waals surface area contributed by atoms with Crippen molar-refractivity contribution in [1.29, 1.82) is 0 Å². The second-order valence-electron chi connectivity index (χ2n) is 7.63. The molecule has 0 aromatic carbocycles. The van der Waals surface area contributed by atoms with E-state index in [0.29, 0.717) is 0 Å². The summed E-state index contributed by atoms with van der Waals surface area (Å²) in [5, 5.41) is 2.71. The standard InChI is InChI=1S/C15H29NO4Si/c1-9(2)14(18)19-13-11(12(17)16-13)10(3)20-21(7,8)15(4,5)6/h9-11,13H,1-8H3,(H,16,17). The van der Waals surface area contributed by atoms with Crippen LogP contribution in [0.25, 0.3) is 0 Å². The molecule has 1 saturated heterocycles. The monoisotopic (exact) mass is 315 g/mol. The van der Waals surface area contributed by atoms with E-state index in [9.17, 15) is 9.59 Å². The quantitative estimate of drug-likeness (QED) is 0.481. The van der Waals surface area contributed by atoms with Crippen molar-refractivity contribution in [3.8, 4) is 0 Å². The Morgan fingerprint density at radius 1 is 1.24 bits per heavy atom. The second-order valence-corrected chi connectivity index (χ2v) is 12.4. The molecule has 1 aliphatic rings. The second kappa shape index (κ2) is 6.08. The molecule has 1 N–H and O–H groups in total. The van der Waals surface area contributed by atoms with Crippen LogP contribution in [-0.4, -0.2) is 32.5 Å². The summed E-state index contributed by atoms with van der Waals surface area (Å²) in [5.74, 6) is -1.03. The van der Waals surface area contributed by atoms with Gasteiger partial charge in [-0.25, -0.2) is 0 Å². The minimum atomic E-state index is -1.95. The summed E-state index contributed by atoms with van der Waals surface area (Å²) in [6.07, 6.45) is -0.822. The van der Waals surface area contributed by atoms with Crippen LogP contribution in [0.1, 0.15) is 41.5 Å². The molecule has 1 amide bonds. The van der Waals surface area contributed by atoms with Crippen LogP contribution in [0.2, 0.25) is 18.1 Å². The number of β-lactam (4-membered cyclic amide) rings is 1. The van der Waals surface area contributed by atoms with Crippen LogP contribution in [0, 0.1) is 11.8 Å². The highest BCUT2D eigenvalue weighted by atomic mass is 28.4. The fourth-order valence-electron chi connectivity index (χ4n) is 1.91. The number of hydrogen-bond donors (Lipinski definition) is 1. The van der Waals surface area contributed by atoms with E-state index in [2.05, 4.69) is 39.2 Å². The molecule has 1 rings (SSSR count). The van der Waals surface area contributed by atoms with Crippen LogP contribution < -0.4 is 5.32 Å². The first kappa shape index (κ1) is 18.2. The molecule has 0 aliphatic carbocycles. The smallest absolute Gasteiger partial charge is 0.310 e. The van der Waals surface area contributed by atoms with Gasteiger partial charge in [0.1, 0.15) is 5.92 Å². The van der Waals surface area contributed by atoms with Crippen molar-refractivity contribution >= 4 is 20.2 Å². The van der Waals surface area contributed by atoms with Crippen molar-refractivity contribution in [2.75, 3.05) is 0 Å². The maximum Gasteiger partial charge on any atom is 0.310 e. The molecule has 1 heterocycles. The van der Waals surface area contributed by atoms with Gasteiger partial charge in [-0.2, -0.15) is 0 Å². The molecule has 1 fully saturated rings. The molecular formula is C15H29NO4Si. The lowest BCUT2D eigenvalue weighted by Crippen LogP contribution is -2.65. The first-order chi connectivity index (χ1) is 9.36. The Labute approximate surface area is 128 Å². The lowest BCUT2D eigenvalue weighted by atomic mass is 9.93. The predicted octanol–water partition coefficient (Wildman–Crippen LogP) is 2.67. The summed E-state index contributed by atoms with van der Waals surface area (Å²) in [4.78, 5) is 23.5. The largest absolute Gasteiger partial charge is 0.440 e. The third-order valence-electron chi connectivity index (χ3n) is 4.42. The molecule has 6 heteroatoms. The highest BCUT2D eigenvalue weighted by Gasteiger charge is 2.49. The Bertz CT molecular complexity index is 414. The van der Waals surface area contributed by atoms with E-state index in [4.69, 9.17) is 9.16 Å². The summed E-state index contributed by atoms with van der Waals surface area (Å²) < 4.78 is 11.6. The minimum absolute atomic E-state index is 0.0750. The average Bonchev–Trinajstić information content (AvgIpc) is 2.24. The van der Waals surface area contributed by atoms with Gasteiger partial charge in [0.05, 0.1) is 12.0 Å². The van der Waals surface area contributed by atoms with Crippen LogP contribution in [0.5, 0.6) is 0 Å². The summed E-state index contributed by atoms with van der Waals surface area (Å²) in [6.45, 7) is 16.2. The van der Waals surface area contributed by atoms with E-state index >= 15 is 0 Å². The van der Waals surface area contributed by atoms with Crippen molar-refractivity contribution < 1.29 is 18.8 Å². The molecule has 0 saturated carbocycles. The third kappa shape index (κ3) is 4.07. The first-order valence-corrected chi connectivity index (χ1v) is 10.5. The number of hydrogen-bond acceptors (Lipinski definition) is 4. The van der Waals surface area contributed by atoms with Gasteiger partial charge in [-0.1, -0.05) is 34.6 Å². The van der Waals surface area contributed by atoms with Crippen molar-refractivity contribution in [1.82, 2.24) is 5.32 Å². The highest BCUT2D eigenvalue weighted by molar-refractivity contribution is 6.74. The Morgan fingerprint density at radius 3 is 2.14 bits per heavy atom. The lowest BCUT2D eigenvalue weighted by Gasteiger charge is -2.44. The third-order valence-corrected chi connectivity index (χ3v) is 8.99. The molecule has 3 atom stereocenters. The van der Waals surface area contributed by atoms with Crippen molar-refractivity contribution in [2.24, 2.45) is 11.8 Å². The molecule has 0 radical (unpaired) electrons. The van der Waals surface area contributed by atoms with Crippen molar-refractivity contribution in [3.63, 3.8) is 0 Å². The van der Waals surface area contributed by atoms with Gasteiger partial charge in [-0.15, -0.1) is 0 Å². The van der Waals surface area contributed by atoms with Gasteiger partial charge in [0.15, 0.2) is 14.5 Å². The first-order valence-electron chi connectivity index (χ1n) is 7.55. The summed E-state index contributed by atoms with van der Waals surface area (Å²) in [7, 11) is -1.95. The number of nitrogens with one attached hydrogen (secondary N) is 1. The van der Waals surface area contributed by atoms with E-state index < -0.39 is 20.5 Å². The topological polar surface area (TPSA) is 64.6 Å². The van der Waals surface area contributed by atoms with Gasteiger partial charge >= 0.3 is 5.97 Å². The highest BCUT2D eigenvalue weighted by Crippen LogP contribution is 2.39. The van der Waals surface area contributed by atoms with E-state index in [1.807, 2.05) is 6.92 Å². The molecule has 5 nitrogen and oxygen atoms in total. The van der Waals surface area contributed by atoms with Crippen molar-refractivity contribution in [3.05, 3.63) is 0 Å². The average molecular weight is 315 g/mol. The molecule has 0 aromatic rings. The molecule has 0 spiro atoms. The Kier molecular flexibility index (Phi) is 5.26. The van der Waals surface area contributed by atoms with Crippen LogP contribution in [0.3, 0.4) is 0 Å². The summed E-state index contributed by atoms with van der Waals surface area (Å²) in [5.41, 5.74) is 0. The lowest BCUT2D eigenvalue weighted by molar-refractivity contribution is -0.177. The van der Waals surface area contributed by atoms with Crippen LogP contribution in [0.4, 0.5) is 0 Å². The van der Waals surface area contributed by atoms with E-state index in [1.54, 1.807) is 13.8 Å². The maximum atomic E-state index is 11.8. The number of carbonyl (C=O) groups excluding carboxylic acids is 2. The van der Waals surface area contributed by atoms with Gasteiger partial charge in [-0.3, -0.25) is 9.59 Å². The van der Waals surface area contributed by atoms with Gasteiger partial charge in [0.2, 0.25) is 5.91 Å². The normalized spacial score (nSPS) is 24.3. The van der Waals surface area contributed by atoms with Gasteiger partial charge in [0.25, 0.3) is 0 Å². The Hall–Kier alpha value is -0.883. The van der Waals surface area contributed by atoms with Crippen LogP contribution in [0.15, 0.2) is 0 Å². The fraction of sp³-hybridized carbons (Fsp3) is 0.867. The molecular weight excluding hydrogens is 286 g/mol. The number of rotatable bonds is 5. The number of carbonyl (C=O) groups is 2. The maximum absolute atomic E-state index is 11.8. The Morgan fingerprint density at radius 2 is 1.76 bits per heavy atom. The minimum Gasteiger partial charge on any atom is -0.440 e. The predicted molar refractivity (Wildman–Crippen MR) is 84.1 cm³/mol. The van der Waals surface area contributed by atoms with Gasteiger partial charge in [0, 0.05) is 0 Å². The van der Waals surface area contributed by atoms with Gasteiger partial charge < -0.3 is 14.5 Å². The molecule has 1 aliphatic heterocycles. The fourth-order valence-corrected chi connectivity index (χ4v) is 3.34. The molecule has 21 heavy (non-hydrogen) atoms. The zero-order valence-corrected chi connectivity index (χ0v) is 15.4. The SMILES string of the molecule is CC(C)C(=O)OC1NC(=O)C1C(C)O[Si](C)(C)C(C)(C)C. The van der Waals surface area contributed by atoms with E-state index in [-0.39, 0.29) is 28.9 Å². The van der Waals surface area contributed by atoms with Crippen LogP contribution >= 0.6 is 0 Å². The molecule has 3 unspecified atom stereocenters. The van der Waals surface area contributed by atoms with E-state index in [0.717, 1.165) is 0 Å². The van der Waals surface area contributed by atoms with Gasteiger partial charge in [-0.05, 0) is 25.1 Å². The van der Waals surface area contributed by atoms with Crippen molar-refractivity contribution in [2.45, 2.75) is 72.0 Å². The Balaban J connectivity index is 2.70. The molecule has 122 valence electrons.